The maximum Gasteiger partial charge on any atom is 0.416 e. The Labute approximate surface area is 91.3 Å². The quantitative estimate of drug-likeness (QED) is 0.875. The van der Waals surface area contributed by atoms with Crippen LogP contribution in [0.25, 0.3) is 0 Å². The van der Waals surface area contributed by atoms with Crippen LogP contribution in [0.15, 0.2) is 23.1 Å². The Morgan fingerprint density at radius 3 is 2.25 bits per heavy atom. The zero-order valence-corrected chi connectivity index (χ0v) is 9.41. The summed E-state index contributed by atoms with van der Waals surface area (Å²) >= 11 is 0. The second-order valence-electron chi connectivity index (χ2n) is 3.13. The summed E-state index contributed by atoms with van der Waals surface area (Å²) in [5.74, 6) is 0. The van der Waals surface area contributed by atoms with E-state index in [-0.39, 0.29) is 10.5 Å². The molecule has 0 atom stereocenters. The van der Waals surface area contributed by atoms with Crippen molar-refractivity contribution in [1.82, 2.24) is 4.72 Å². The first-order chi connectivity index (χ1) is 7.20. The maximum atomic E-state index is 12.5. The van der Waals surface area contributed by atoms with Crippen molar-refractivity contribution in [2.75, 3.05) is 7.05 Å². The molecule has 1 aromatic rings. The summed E-state index contributed by atoms with van der Waals surface area (Å²) in [5, 5.41) is 0. The van der Waals surface area contributed by atoms with Gasteiger partial charge < -0.3 is 0 Å². The van der Waals surface area contributed by atoms with Crippen LogP contribution < -0.4 is 4.72 Å². The molecule has 0 aliphatic rings. The van der Waals surface area contributed by atoms with E-state index in [1.807, 2.05) is 4.72 Å². The van der Waals surface area contributed by atoms with Gasteiger partial charge in [-0.05, 0) is 31.7 Å². The fourth-order valence-electron chi connectivity index (χ4n) is 1.32. The van der Waals surface area contributed by atoms with E-state index < -0.39 is 21.8 Å². The van der Waals surface area contributed by atoms with Gasteiger partial charge in [0.05, 0.1) is 10.5 Å². The third-order valence-electron chi connectivity index (χ3n) is 2.15. The summed E-state index contributed by atoms with van der Waals surface area (Å²) in [6.45, 7) is 1.13. The van der Waals surface area contributed by atoms with Crippen LogP contribution in [0.3, 0.4) is 0 Å². The van der Waals surface area contributed by atoms with Crippen LogP contribution in [0.5, 0.6) is 0 Å². The zero-order chi connectivity index (χ0) is 12.6. The Balaban J connectivity index is 3.48. The average molecular weight is 253 g/mol. The van der Waals surface area contributed by atoms with Crippen LogP contribution in [0.1, 0.15) is 11.1 Å². The third kappa shape index (κ3) is 2.35. The SMILES string of the molecule is CNS(=O)(=O)c1cccc(C(F)(F)F)c1C. The molecule has 0 aliphatic carbocycles. The van der Waals surface area contributed by atoms with E-state index in [4.69, 9.17) is 0 Å². The number of benzene rings is 1. The molecule has 0 aromatic heterocycles. The second kappa shape index (κ2) is 4.06. The molecule has 0 saturated carbocycles. The summed E-state index contributed by atoms with van der Waals surface area (Å²) < 4.78 is 62.3. The lowest BCUT2D eigenvalue weighted by Crippen LogP contribution is -2.21. The van der Waals surface area contributed by atoms with Gasteiger partial charge in [0, 0.05) is 0 Å². The summed E-state index contributed by atoms with van der Waals surface area (Å²) in [4.78, 5) is -0.357. The highest BCUT2D eigenvalue weighted by Crippen LogP contribution is 2.33. The van der Waals surface area contributed by atoms with Gasteiger partial charge in [-0.15, -0.1) is 0 Å². The fraction of sp³-hybridized carbons (Fsp3) is 0.333. The summed E-state index contributed by atoms with van der Waals surface area (Å²) in [7, 11) is -2.71. The topological polar surface area (TPSA) is 46.2 Å². The standard InChI is InChI=1S/C9H10F3NO2S/c1-6-7(9(10,11)12)4-3-5-8(6)16(14,15)13-2/h3-5,13H,1-2H3. The van der Waals surface area contributed by atoms with Crippen LogP contribution in [-0.4, -0.2) is 15.5 Å². The van der Waals surface area contributed by atoms with Gasteiger partial charge in [-0.3, -0.25) is 0 Å². The van der Waals surface area contributed by atoms with Gasteiger partial charge in [0.1, 0.15) is 0 Å². The summed E-state index contributed by atoms with van der Waals surface area (Å²) in [5.41, 5.74) is -1.24. The Morgan fingerprint density at radius 1 is 1.25 bits per heavy atom. The van der Waals surface area contributed by atoms with Gasteiger partial charge in [-0.25, -0.2) is 13.1 Å². The first-order valence-corrected chi connectivity index (χ1v) is 5.79. The van der Waals surface area contributed by atoms with Crippen molar-refractivity contribution in [1.29, 1.82) is 0 Å². The highest BCUT2D eigenvalue weighted by atomic mass is 32.2. The molecule has 90 valence electrons. The summed E-state index contributed by atoms with van der Waals surface area (Å²) in [6, 6.07) is 3.06. The van der Waals surface area contributed by atoms with Gasteiger partial charge in [0.15, 0.2) is 0 Å². The van der Waals surface area contributed by atoms with Crippen molar-refractivity contribution in [3.8, 4) is 0 Å². The van der Waals surface area contributed by atoms with Gasteiger partial charge in [-0.1, -0.05) is 6.07 Å². The lowest BCUT2D eigenvalue weighted by molar-refractivity contribution is -0.138. The van der Waals surface area contributed by atoms with E-state index in [9.17, 15) is 21.6 Å². The number of hydrogen-bond acceptors (Lipinski definition) is 2. The lowest BCUT2D eigenvalue weighted by atomic mass is 10.1. The molecule has 0 bridgehead atoms. The van der Waals surface area contributed by atoms with Crippen molar-refractivity contribution in [2.45, 2.75) is 18.0 Å². The van der Waals surface area contributed by atoms with E-state index in [2.05, 4.69) is 0 Å². The molecule has 0 saturated heterocycles. The second-order valence-corrected chi connectivity index (χ2v) is 4.99. The van der Waals surface area contributed by atoms with Gasteiger partial charge in [0.25, 0.3) is 0 Å². The van der Waals surface area contributed by atoms with Crippen LogP contribution in [0, 0.1) is 6.92 Å². The molecule has 0 amide bonds. The molecule has 1 N–H and O–H groups in total. The minimum atomic E-state index is -4.55. The smallest absolute Gasteiger partial charge is 0.214 e. The molecular weight excluding hydrogens is 243 g/mol. The third-order valence-corrected chi connectivity index (χ3v) is 3.71. The first kappa shape index (κ1) is 13.0. The Hall–Kier alpha value is -1.08. The van der Waals surface area contributed by atoms with Crippen molar-refractivity contribution in [2.24, 2.45) is 0 Å². The van der Waals surface area contributed by atoms with E-state index >= 15 is 0 Å². The van der Waals surface area contributed by atoms with E-state index in [1.165, 1.54) is 0 Å². The Morgan fingerprint density at radius 2 is 1.81 bits per heavy atom. The normalized spacial score (nSPS) is 12.8. The maximum absolute atomic E-state index is 12.5. The molecule has 0 spiro atoms. The largest absolute Gasteiger partial charge is 0.416 e. The predicted octanol–water partition coefficient (Wildman–Crippen LogP) is 1.92. The Bertz CT molecular complexity index is 494. The molecule has 7 heteroatoms. The number of rotatable bonds is 2. The summed E-state index contributed by atoms with van der Waals surface area (Å²) in [6.07, 6.45) is -4.55. The highest BCUT2D eigenvalue weighted by molar-refractivity contribution is 7.89. The fourth-order valence-corrected chi connectivity index (χ4v) is 2.31. The van der Waals surface area contributed by atoms with Crippen molar-refractivity contribution >= 4 is 10.0 Å². The van der Waals surface area contributed by atoms with E-state index in [0.717, 1.165) is 32.2 Å². The van der Waals surface area contributed by atoms with E-state index in [0.29, 0.717) is 0 Å². The molecule has 0 unspecified atom stereocenters. The first-order valence-electron chi connectivity index (χ1n) is 4.30. The molecule has 1 aromatic carbocycles. The number of halogens is 3. The predicted molar refractivity (Wildman–Crippen MR) is 52.4 cm³/mol. The Kier molecular flexibility index (Phi) is 3.30. The van der Waals surface area contributed by atoms with E-state index in [1.54, 1.807) is 0 Å². The highest BCUT2D eigenvalue weighted by Gasteiger charge is 2.34. The molecular formula is C9H10F3NO2S. The molecule has 1 rings (SSSR count). The van der Waals surface area contributed by atoms with Gasteiger partial charge in [0.2, 0.25) is 10.0 Å². The molecule has 0 aliphatic heterocycles. The minimum absolute atomic E-state index is 0.302. The van der Waals surface area contributed by atoms with Crippen LogP contribution in [-0.2, 0) is 16.2 Å². The number of nitrogens with one attached hydrogen (secondary N) is 1. The van der Waals surface area contributed by atoms with Crippen molar-refractivity contribution < 1.29 is 21.6 Å². The van der Waals surface area contributed by atoms with Gasteiger partial charge in [-0.2, -0.15) is 13.2 Å². The number of hydrogen-bond donors (Lipinski definition) is 1. The van der Waals surface area contributed by atoms with Gasteiger partial charge >= 0.3 is 6.18 Å². The van der Waals surface area contributed by atoms with Crippen LogP contribution >= 0.6 is 0 Å². The molecule has 0 heterocycles. The molecule has 16 heavy (non-hydrogen) atoms. The number of sulfonamides is 1. The van der Waals surface area contributed by atoms with Crippen LogP contribution in [0.2, 0.25) is 0 Å². The monoisotopic (exact) mass is 253 g/mol. The molecule has 0 fully saturated rings. The zero-order valence-electron chi connectivity index (χ0n) is 8.59. The average Bonchev–Trinajstić information content (AvgIpc) is 2.16. The van der Waals surface area contributed by atoms with Crippen molar-refractivity contribution in [3.63, 3.8) is 0 Å². The number of alkyl halides is 3. The molecule has 0 radical (unpaired) electrons. The van der Waals surface area contributed by atoms with Crippen LogP contribution in [0.4, 0.5) is 13.2 Å². The lowest BCUT2D eigenvalue weighted by Gasteiger charge is -2.13. The van der Waals surface area contributed by atoms with Crippen molar-refractivity contribution in [3.05, 3.63) is 29.3 Å². The molecule has 3 nitrogen and oxygen atoms in total. The minimum Gasteiger partial charge on any atom is -0.214 e.